The van der Waals surface area contributed by atoms with Crippen LogP contribution in [0.1, 0.15) is 26.7 Å². The van der Waals surface area contributed by atoms with Crippen LogP contribution in [0.3, 0.4) is 0 Å². The molecule has 0 spiro atoms. The quantitative estimate of drug-likeness (QED) is 0.349. The Morgan fingerprint density at radius 3 is 2.15 bits per heavy atom. The third-order valence-electron chi connectivity index (χ3n) is 2.28. The first-order valence-electron chi connectivity index (χ1n) is 5.02. The van der Waals surface area contributed by atoms with Gasteiger partial charge in [-0.25, -0.2) is 0 Å². The number of rotatable bonds is 7. The van der Waals surface area contributed by atoms with Crippen molar-refractivity contribution < 1.29 is 9.47 Å². The van der Waals surface area contributed by atoms with Gasteiger partial charge in [-0.15, -0.1) is 0 Å². The molecule has 1 aliphatic carbocycles. The van der Waals surface area contributed by atoms with Crippen LogP contribution in [0.5, 0.6) is 0 Å². The number of hydrogen-bond acceptors (Lipinski definition) is 4. The first kappa shape index (κ1) is 10.9. The van der Waals surface area contributed by atoms with Crippen LogP contribution in [0.4, 0.5) is 0 Å². The highest BCUT2D eigenvalue weighted by atomic mass is 16.7. The Kier molecular flexibility index (Phi) is 4.66. The molecule has 0 heterocycles. The van der Waals surface area contributed by atoms with E-state index in [1.54, 1.807) is 0 Å². The fraction of sp³-hybridized carbons (Fsp3) is 1.00. The van der Waals surface area contributed by atoms with Gasteiger partial charge in [0.05, 0.1) is 6.04 Å². The average molecular weight is 188 g/mol. The molecule has 3 N–H and O–H groups in total. The summed E-state index contributed by atoms with van der Waals surface area (Å²) in [5.74, 6) is 6.10. The van der Waals surface area contributed by atoms with Gasteiger partial charge < -0.3 is 9.47 Å². The Bertz CT molecular complexity index is 134. The van der Waals surface area contributed by atoms with Crippen molar-refractivity contribution >= 4 is 0 Å². The number of nitrogens with one attached hydrogen (secondary N) is 1. The summed E-state index contributed by atoms with van der Waals surface area (Å²) in [7, 11) is 0. The van der Waals surface area contributed by atoms with Crippen molar-refractivity contribution in [1.82, 2.24) is 5.43 Å². The topological polar surface area (TPSA) is 56.5 Å². The molecule has 4 heteroatoms. The van der Waals surface area contributed by atoms with E-state index in [4.69, 9.17) is 15.3 Å². The number of hydrazine groups is 1. The maximum Gasteiger partial charge on any atom is 0.174 e. The van der Waals surface area contributed by atoms with Crippen molar-refractivity contribution in [3.63, 3.8) is 0 Å². The minimum atomic E-state index is -0.188. The van der Waals surface area contributed by atoms with E-state index in [1.807, 2.05) is 13.8 Å². The molecule has 0 amide bonds. The summed E-state index contributed by atoms with van der Waals surface area (Å²) < 4.78 is 10.9. The Morgan fingerprint density at radius 2 is 1.85 bits per heavy atom. The van der Waals surface area contributed by atoms with E-state index in [-0.39, 0.29) is 12.3 Å². The molecule has 1 rings (SSSR count). The first-order chi connectivity index (χ1) is 6.33. The van der Waals surface area contributed by atoms with Gasteiger partial charge in [-0.3, -0.25) is 11.3 Å². The molecule has 0 aromatic carbocycles. The highest BCUT2D eigenvalue weighted by Crippen LogP contribution is 2.34. The fourth-order valence-electron chi connectivity index (χ4n) is 1.48. The molecular formula is C9H20N2O2. The summed E-state index contributed by atoms with van der Waals surface area (Å²) in [6.07, 6.45) is 2.27. The van der Waals surface area contributed by atoms with E-state index in [9.17, 15) is 0 Å². The minimum absolute atomic E-state index is 0.153. The summed E-state index contributed by atoms with van der Waals surface area (Å²) in [6, 6.07) is 0.153. The van der Waals surface area contributed by atoms with E-state index < -0.39 is 0 Å². The van der Waals surface area contributed by atoms with Crippen LogP contribution in [0.15, 0.2) is 0 Å². The van der Waals surface area contributed by atoms with Crippen LogP contribution in [0.25, 0.3) is 0 Å². The molecule has 0 aliphatic heterocycles. The van der Waals surface area contributed by atoms with Crippen molar-refractivity contribution in [3.8, 4) is 0 Å². The number of ether oxygens (including phenoxy) is 2. The molecule has 0 aromatic heterocycles. The highest BCUT2D eigenvalue weighted by Gasteiger charge is 2.36. The third-order valence-corrected chi connectivity index (χ3v) is 2.28. The van der Waals surface area contributed by atoms with Gasteiger partial charge in [0.1, 0.15) is 0 Å². The van der Waals surface area contributed by atoms with Gasteiger partial charge in [0, 0.05) is 13.2 Å². The van der Waals surface area contributed by atoms with Gasteiger partial charge in [0.25, 0.3) is 0 Å². The normalized spacial score (nSPS) is 19.4. The molecule has 0 bridgehead atoms. The van der Waals surface area contributed by atoms with E-state index in [0.717, 1.165) is 0 Å². The van der Waals surface area contributed by atoms with Gasteiger partial charge in [-0.1, -0.05) is 0 Å². The van der Waals surface area contributed by atoms with Crippen molar-refractivity contribution in [2.24, 2.45) is 11.8 Å². The Balaban J connectivity index is 2.38. The molecule has 1 unspecified atom stereocenters. The Morgan fingerprint density at radius 1 is 1.31 bits per heavy atom. The average Bonchev–Trinajstić information content (AvgIpc) is 2.90. The van der Waals surface area contributed by atoms with Crippen LogP contribution in [-0.4, -0.2) is 25.5 Å². The van der Waals surface area contributed by atoms with E-state index >= 15 is 0 Å². The monoisotopic (exact) mass is 188 g/mol. The number of hydrogen-bond donors (Lipinski definition) is 2. The molecule has 1 aliphatic rings. The lowest BCUT2D eigenvalue weighted by Gasteiger charge is -2.25. The summed E-state index contributed by atoms with van der Waals surface area (Å²) in [5.41, 5.74) is 2.78. The van der Waals surface area contributed by atoms with Crippen LogP contribution in [0.2, 0.25) is 0 Å². The van der Waals surface area contributed by atoms with E-state index in [1.165, 1.54) is 12.8 Å². The molecule has 78 valence electrons. The molecule has 0 saturated heterocycles. The van der Waals surface area contributed by atoms with Crippen LogP contribution in [0, 0.1) is 5.92 Å². The molecule has 0 aromatic rings. The van der Waals surface area contributed by atoms with Crippen LogP contribution < -0.4 is 11.3 Å². The molecule has 4 nitrogen and oxygen atoms in total. The van der Waals surface area contributed by atoms with Gasteiger partial charge >= 0.3 is 0 Å². The Labute approximate surface area is 79.7 Å². The molecule has 1 atom stereocenters. The molecular weight excluding hydrogens is 168 g/mol. The molecule has 1 fully saturated rings. The predicted octanol–water partition coefficient (Wildman–Crippen LogP) is 0.627. The van der Waals surface area contributed by atoms with Crippen LogP contribution >= 0.6 is 0 Å². The zero-order chi connectivity index (χ0) is 9.68. The van der Waals surface area contributed by atoms with E-state index in [2.05, 4.69) is 5.43 Å². The molecule has 1 saturated carbocycles. The molecule has 0 radical (unpaired) electrons. The van der Waals surface area contributed by atoms with Gasteiger partial charge in [-0.2, -0.15) is 0 Å². The summed E-state index contributed by atoms with van der Waals surface area (Å²) >= 11 is 0. The summed E-state index contributed by atoms with van der Waals surface area (Å²) in [4.78, 5) is 0. The largest absolute Gasteiger partial charge is 0.351 e. The van der Waals surface area contributed by atoms with Gasteiger partial charge in [0.2, 0.25) is 0 Å². The predicted molar refractivity (Wildman–Crippen MR) is 50.9 cm³/mol. The lowest BCUT2D eigenvalue weighted by Crippen LogP contribution is -2.48. The zero-order valence-electron chi connectivity index (χ0n) is 8.45. The van der Waals surface area contributed by atoms with Crippen molar-refractivity contribution in [2.45, 2.75) is 39.0 Å². The maximum absolute atomic E-state index is 5.47. The second-order valence-corrected chi connectivity index (χ2v) is 3.31. The minimum Gasteiger partial charge on any atom is -0.351 e. The van der Waals surface area contributed by atoms with Crippen molar-refractivity contribution in [2.75, 3.05) is 13.2 Å². The molecule has 13 heavy (non-hydrogen) atoms. The van der Waals surface area contributed by atoms with E-state index in [0.29, 0.717) is 19.1 Å². The summed E-state index contributed by atoms with van der Waals surface area (Å²) in [6.45, 7) is 5.25. The smallest absolute Gasteiger partial charge is 0.174 e. The number of nitrogens with two attached hydrogens (primary N) is 1. The van der Waals surface area contributed by atoms with Gasteiger partial charge in [0.15, 0.2) is 6.29 Å². The second kappa shape index (κ2) is 5.54. The van der Waals surface area contributed by atoms with Crippen molar-refractivity contribution in [3.05, 3.63) is 0 Å². The van der Waals surface area contributed by atoms with Crippen molar-refractivity contribution in [1.29, 1.82) is 0 Å². The third kappa shape index (κ3) is 3.23. The SMILES string of the molecule is CCOC(OCC)C(NN)C1CC1. The lowest BCUT2D eigenvalue weighted by molar-refractivity contribution is -0.157. The lowest BCUT2D eigenvalue weighted by atomic mass is 10.2. The zero-order valence-corrected chi connectivity index (χ0v) is 8.45. The Hall–Kier alpha value is -0.160. The van der Waals surface area contributed by atoms with Crippen LogP contribution in [-0.2, 0) is 9.47 Å². The second-order valence-electron chi connectivity index (χ2n) is 3.31. The van der Waals surface area contributed by atoms with Gasteiger partial charge in [-0.05, 0) is 32.6 Å². The summed E-state index contributed by atoms with van der Waals surface area (Å²) in [5, 5.41) is 0. The maximum atomic E-state index is 5.47. The first-order valence-corrected chi connectivity index (χ1v) is 5.02. The standard InChI is InChI=1S/C9H20N2O2/c1-3-12-9(13-4-2)8(11-10)7-5-6-7/h7-9,11H,3-6,10H2,1-2H3. The fourth-order valence-corrected chi connectivity index (χ4v) is 1.48. The highest BCUT2D eigenvalue weighted by molar-refractivity contribution is 4.87.